The summed E-state index contributed by atoms with van der Waals surface area (Å²) in [5.74, 6) is -0.384. The van der Waals surface area contributed by atoms with E-state index in [1.807, 2.05) is 13.8 Å². The highest BCUT2D eigenvalue weighted by molar-refractivity contribution is 8.17. The van der Waals surface area contributed by atoms with Crippen molar-refractivity contribution < 1.29 is 9.18 Å². The number of hydrogen-bond acceptors (Lipinski definition) is 6. The predicted molar refractivity (Wildman–Crippen MR) is 113 cm³/mol. The van der Waals surface area contributed by atoms with Gasteiger partial charge in [-0.3, -0.25) is 14.8 Å². The number of carbonyl (C=O) groups excluding carboxylic acids is 1. The molecule has 2 aromatic rings. The molecule has 4 rings (SSSR count). The molecule has 0 bridgehead atoms. The van der Waals surface area contributed by atoms with Crippen molar-refractivity contribution in [2.24, 2.45) is 16.6 Å². The number of benzene rings is 1. The van der Waals surface area contributed by atoms with E-state index in [1.54, 1.807) is 18.3 Å². The molecule has 2 N–H and O–H groups in total. The first-order valence-electron chi connectivity index (χ1n) is 9.71. The number of aromatic nitrogens is 2. The number of rotatable bonds is 4. The van der Waals surface area contributed by atoms with Gasteiger partial charge in [0.2, 0.25) is 0 Å². The Kier molecular flexibility index (Phi) is 5.25. The zero-order valence-electron chi connectivity index (χ0n) is 16.5. The number of aliphatic imine (C=N–C) groups is 1. The maximum absolute atomic E-state index is 14.9. The molecule has 7 heteroatoms. The first-order chi connectivity index (χ1) is 13.9. The molecule has 1 aromatic carbocycles. The summed E-state index contributed by atoms with van der Waals surface area (Å²) in [4.78, 5) is 26.7. The predicted octanol–water partition coefficient (Wildman–Crippen LogP) is 4.31. The molecular weight excluding hydrogens is 387 g/mol. The van der Waals surface area contributed by atoms with Crippen LogP contribution in [0.1, 0.15) is 53.5 Å². The average molecular weight is 411 g/mol. The van der Waals surface area contributed by atoms with Crippen molar-refractivity contribution >= 4 is 22.7 Å². The smallest absolute Gasteiger partial charge is 0.187 e. The van der Waals surface area contributed by atoms with Crippen LogP contribution in [0.2, 0.25) is 0 Å². The van der Waals surface area contributed by atoms with Gasteiger partial charge in [-0.05, 0) is 55.7 Å². The number of ketones is 1. The Labute approximate surface area is 173 Å². The lowest BCUT2D eigenvalue weighted by Gasteiger charge is -2.41. The Morgan fingerprint density at radius 1 is 1.34 bits per heavy atom. The van der Waals surface area contributed by atoms with Gasteiger partial charge in [0.05, 0.1) is 17.4 Å². The maximum Gasteiger partial charge on any atom is 0.187 e. The molecule has 1 aromatic heterocycles. The fraction of sp³-hybridized carbons (Fsp3) is 0.364. The Bertz CT molecular complexity index is 1020. The standard InChI is InChI=1S/C22H23FN4OS/c1-13-11-26-18(12-25-13)19(28)10-14-7-8-17(23)16(9-14)22(2)15-5-3-4-6-20(15)29-21(24)27-22/h6-9,11-12,15H,3-5,10H2,1-2H3,(H2,24,27)/t15?,22-/m0/s1. The van der Waals surface area contributed by atoms with Crippen LogP contribution in [-0.2, 0) is 12.0 Å². The molecular formula is C22H23FN4OS. The van der Waals surface area contributed by atoms with Crippen molar-refractivity contribution in [3.05, 3.63) is 69.9 Å². The number of aryl methyl sites for hydroxylation is 1. The number of halogens is 1. The fourth-order valence-corrected chi connectivity index (χ4v) is 5.27. The van der Waals surface area contributed by atoms with E-state index in [-0.39, 0.29) is 23.9 Å². The van der Waals surface area contributed by atoms with Gasteiger partial charge in [0.25, 0.3) is 0 Å². The molecule has 150 valence electrons. The lowest BCUT2D eigenvalue weighted by molar-refractivity contribution is 0.0987. The van der Waals surface area contributed by atoms with Crippen molar-refractivity contribution in [3.63, 3.8) is 0 Å². The number of allylic oxidation sites excluding steroid dienone is 1. The van der Waals surface area contributed by atoms with Crippen LogP contribution in [0.5, 0.6) is 0 Å². The number of nitrogens with zero attached hydrogens (tertiary/aromatic N) is 3. The normalized spacial score (nSPS) is 23.8. The summed E-state index contributed by atoms with van der Waals surface area (Å²) in [6, 6.07) is 4.82. The SMILES string of the molecule is Cc1cnc(C(=O)Cc2ccc(F)c([C@@]3(C)N=C(N)SC4=CCCCC43)c2)cn1. The van der Waals surface area contributed by atoms with Crippen LogP contribution in [0.3, 0.4) is 0 Å². The summed E-state index contributed by atoms with van der Waals surface area (Å²) in [5, 5.41) is 0.452. The molecule has 0 amide bonds. The van der Waals surface area contributed by atoms with E-state index in [9.17, 15) is 9.18 Å². The third-order valence-electron chi connectivity index (χ3n) is 5.64. The van der Waals surface area contributed by atoms with Gasteiger partial charge in [-0.25, -0.2) is 9.37 Å². The average Bonchev–Trinajstić information content (AvgIpc) is 2.69. The summed E-state index contributed by atoms with van der Waals surface area (Å²) in [5.41, 5.74) is 7.58. The van der Waals surface area contributed by atoms with Gasteiger partial charge in [-0.15, -0.1) is 0 Å². The summed E-state index contributed by atoms with van der Waals surface area (Å²) in [7, 11) is 0. The van der Waals surface area contributed by atoms with Crippen molar-refractivity contribution in [2.75, 3.05) is 0 Å². The second-order valence-corrected chi connectivity index (χ2v) is 8.84. The number of nitrogens with two attached hydrogens (primary N) is 1. The van der Waals surface area contributed by atoms with Crippen LogP contribution in [0.25, 0.3) is 0 Å². The van der Waals surface area contributed by atoms with Crippen molar-refractivity contribution in [1.82, 2.24) is 9.97 Å². The third-order valence-corrected chi connectivity index (χ3v) is 6.62. The van der Waals surface area contributed by atoms with Gasteiger partial charge < -0.3 is 5.73 Å². The number of fused-ring (bicyclic) bond motifs is 1. The van der Waals surface area contributed by atoms with E-state index in [2.05, 4.69) is 21.0 Å². The molecule has 0 saturated heterocycles. The molecule has 5 nitrogen and oxygen atoms in total. The van der Waals surface area contributed by atoms with E-state index < -0.39 is 5.54 Å². The van der Waals surface area contributed by atoms with Crippen LogP contribution in [0, 0.1) is 18.7 Å². The lowest BCUT2D eigenvalue weighted by atomic mass is 9.74. The highest BCUT2D eigenvalue weighted by atomic mass is 32.2. The molecule has 0 saturated carbocycles. The van der Waals surface area contributed by atoms with Crippen LogP contribution in [0.15, 0.2) is 46.6 Å². The first-order valence-corrected chi connectivity index (χ1v) is 10.5. The number of carbonyl (C=O) groups is 1. The molecule has 2 heterocycles. The van der Waals surface area contributed by atoms with Crippen LogP contribution in [0.4, 0.5) is 4.39 Å². The minimum atomic E-state index is -0.783. The molecule has 1 unspecified atom stereocenters. The van der Waals surface area contributed by atoms with Crippen molar-refractivity contribution in [3.8, 4) is 0 Å². The van der Waals surface area contributed by atoms with Crippen LogP contribution < -0.4 is 5.73 Å². The third kappa shape index (κ3) is 3.83. The monoisotopic (exact) mass is 410 g/mol. The van der Waals surface area contributed by atoms with Gasteiger partial charge in [-0.1, -0.05) is 23.9 Å². The molecule has 1 aliphatic carbocycles. The van der Waals surface area contributed by atoms with Crippen LogP contribution in [-0.4, -0.2) is 20.9 Å². The first kappa shape index (κ1) is 19.8. The second kappa shape index (κ2) is 7.71. The van der Waals surface area contributed by atoms with Crippen molar-refractivity contribution in [1.29, 1.82) is 0 Å². The van der Waals surface area contributed by atoms with Crippen LogP contribution >= 0.6 is 11.8 Å². The highest BCUT2D eigenvalue weighted by Crippen LogP contribution is 2.50. The summed E-state index contributed by atoms with van der Waals surface area (Å²) in [6.07, 6.45) is 8.36. The zero-order chi connectivity index (χ0) is 20.6. The topological polar surface area (TPSA) is 81.2 Å². The molecule has 0 radical (unpaired) electrons. The van der Waals surface area contributed by atoms with Gasteiger partial charge >= 0.3 is 0 Å². The zero-order valence-corrected chi connectivity index (χ0v) is 17.3. The largest absolute Gasteiger partial charge is 0.378 e. The van der Waals surface area contributed by atoms with E-state index in [0.717, 1.165) is 30.5 Å². The Morgan fingerprint density at radius 3 is 2.93 bits per heavy atom. The molecule has 0 fully saturated rings. The van der Waals surface area contributed by atoms with Gasteiger partial charge in [0.1, 0.15) is 11.5 Å². The summed E-state index contributed by atoms with van der Waals surface area (Å²) in [6.45, 7) is 3.76. The van der Waals surface area contributed by atoms with Gasteiger partial charge in [0.15, 0.2) is 11.0 Å². The lowest BCUT2D eigenvalue weighted by Crippen LogP contribution is -2.38. The Balaban J connectivity index is 1.68. The van der Waals surface area contributed by atoms with Gasteiger partial charge in [-0.2, -0.15) is 0 Å². The fourth-order valence-electron chi connectivity index (χ4n) is 4.10. The highest BCUT2D eigenvalue weighted by Gasteiger charge is 2.44. The molecule has 2 aliphatic rings. The molecule has 29 heavy (non-hydrogen) atoms. The van der Waals surface area contributed by atoms with Gasteiger partial charge in [0, 0.05) is 24.1 Å². The summed E-state index contributed by atoms with van der Waals surface area (Å²) < 4.78 is 14.9. The quantitative estimate of drug-likeness (QED) is 0.760. The molecule has 0 spiro atoms. The number of amidine groups is 1. The van der Waals surface area contributed by atoms with E-state index in [0.29, 0.717) is 16.4 Å². The van der Waals surface area contributed by atoms with E-state index in [1.165, 1.54) is 28.9 Å². The minimum absolute atomic E-state index is 0.0944. The molecule has 2 atom stereocenters. The number of hydrogen-bond donors (Lipinski definition) is 1. The number of Topliss-reactive ketones (excluding diaryl/α,β-unsaturated/α-hetero) is 1. The minimum Gasteiger partial charge on any atom is -0.378 e. The summed E-state index contributed by atoms with van der Waals surface area (Å²) >= 11 is 1.48. The molecule has 1 aliphatic heterocycles. The van der Waals surface area contributed by atoms with Crippen molar-refractivity contribution in [2.45, 2.75) is 45.1 Å². The number of thioether (sulfide) groups is 1. The Morgan fingerprint density at radius 2 is 2.17 bits per heavy atom. The van der Waals surface area contributed by atoms with E-state index >= 15 is 0 Å². The maximum atomic E-state index is 14.9. The Hall–Kier alpha value is -2.54. The van der Waals surface area contributed by atoms with E-state index in [4.69, 9.17) is 5.73 Å². The second-order valence-electron chi connectivity index (χ2n) is 7.75.